The standard InChI is InChI=1S/C25H22ClNO5S/c1-15(2)16-6-9-21(10-7-16)33(31,32)27-22-11-8-20(26)13-19(22)14-23(27)24(28)17-4-3-5-18(12-17)25(29)30/h3-15,24,28H,1-2H3,(H,29,30). The Balaban J connectivity index is 1.93. The van der Waals surface area contributed by atoms with Crippen molar-refractivity contribution >= 4 is 38.5 Å². The molecular weight excluding hydrogens is 462 g/mol. The average molecular weight is 484 g/mol. The first kappa shape index (κ1) is 23.0. The maximum atomic E-state index is 13.7. The monoisotopic (exact) mass is 483 g/mol. The van der Waals surface area contributed by atoms with Crippen molar-refractivity contribution in [3.63, 3.8) is 0 Å². The molecule has 1 atom stereocenters. The summed E-state index contributed by atoms with van der Waals surface area (Å²) in [5, 5.41) is 21.4. The van der Waals surface area contributed by atoms with Crippen LogP contribution in [0.5, 0.6) is 0 Å². The summed E-state index contributed by atoms with van der Waals surface area (Å²) in [6.45, 7) is 4.04. The minimum absolute atomic E-state index is 0.00983. The lowest BCUT2D eigenvalue weighted by atomic mass is 10.0. The zero-order valence-electron chi connectivity index (χ0n) is 17.9. The molecule has 0 aliphatic heterocycles. The molecule has 0 aliphatic carbocycles. The van der Waals surface area contributed by atoms with E-state index >= 15 is 0 Å². The van der Waals surface area contributed by atoms with Crippen molar-refractivity contribution in [1.82, 2.24) is 3.97 Å². The Kier molecular flexibility index (Phi) is 6.05. The summed E-state index contributed by atoms with van der Waals surface area (Å²) in [6.07, 6.45) is -1.39. The van der Waals surface area contributed by atoms with Crippen LogP contribution in [-0.2, 0) is 10.0 Å². The molecule has 0 bridgehead atoms. The number of halogens is 1. The highest BCUT2D eigenvalue weighted by Gasteiger charge is 2.27. The molecule has 33 heavy (non-hydrogen) atoms. The molecule has 0 saturated carbocycles. The zero-order valence-corrected chi connectivity index (χ0v) is 19.5. The van der Waals surface area contributed by atoms with E-state index in [-0.39, 0.29) is 27.6 Å². The number of rotatable bonds is 6. The number of hydrogen-bond donors (Lipinski definition) is 2. The fraction of sp³-hybridized carbons (Fsp3) is 0.160. The molecular formula is C25H22ClNO5S. The maximum absolute atomic E-state index is 13.7. The number of carbonyl (C=O) groups is 1. The molecule has 0 amide bonds. The normalized spacial score (nSPS) is 12.9. The molecule has 0 saturated heterocycles. The number of nitrogens with zero attached hydrogens (tertiary/aromatic N) is 1. The number of carboxylic acids is 1. The lowest BCUT2D eigenvalue weighted by molar-refractivity contribution is 0.0696. The van der Waals surface area contributed by atoms with Crippen LogP contribution in [0.1, 0.15) is 53.0 Å². The van der Waals surface area contributed by atoms with E-state index < -0.39 is 22.1 Å². The van der Waals surface area contributed by atoms with Gasteiger partial charge < -0.3 is 10.2 Å². The van der Waals surface area contributed by atoms with Gasteiger partial charge in [-0.1, -0.05) is 49.7 Å². The van der Waals surface area contributed by atoms with Crippen molar-refractivity contribution in [2.45, 2.75) is 30.8 Å². The Labute approximate surface area is 196 Å². The fourth-order valence-electron chi connectivity index (χ4n) is 3.78. The molecule has 170 valence electrons. The Hall–Kier alpha value is -3.13. The molecule has 2 N–H and O–H groups in total. The van der Waals surface area contributed by atoms with Gasteiger partial charge in [0.25, 0.3) is 10.0 Å². The molecule has 0 fully saturated rings. The second kappa shape index (κ2) is 8.67. The average Bonchev–Trinajstić information content (AvgIpc) is 3.18. The van der Waals surface area contributed by atoms with Gasteiger partial charge >= 0.3 is 5.97 Å². The summed E-state index contributed by atoms with van der Waals surface area (Å²) >= 11 is 6.12. The first-order valence-corrected chi connectivity index (χ1v) is 12.1. The maximum Gasteiger partial charge on any atom is 0.335 e. The highest BCUT2D eigenvalue weighted by Crippen LogP contribution is 2.34. The predicted octanol–water partition coefficient (Wildman–Crippen LogP) is 5.44. The van der Waals surface area contributed by atoms with E-state index in [9.17, 15) is 23.4 Å². The van der Waals surface area contributed by atoms with Crippen molar-refractivity contribution in [1.29, 1.82) is 0 Å². The second-order valence-electron chi connectivity index (χ2n) is 8.10. The molecule has 0 aliphatic rings. The van der Waals surface area contributed by atoms with E-state index in [4.69, 9.17) is 11.6 Å². The largest absolute Gasteiger partial charge is 0.478 e. The van der Waals surface area contributed by atoms with Crippen molar-refractivity contribution in [3.8, 4) is 0 Å². The molecule has 1 unspecified atom stereocenters. The van der Waals surface area contributed by atoms with Crippen LogP contribution in [0.4, 0.5) is 0 Å². The molecule has 4 aromatic rings. The highest BCUT2D eigenvalue weighted by atomic mass is 35.5. The zero-order chi connectivity index (χ0) is 23.9. The minimum atomic E-state index is -4.09. The van der Waals surface area contributed by atoms with Crippen LogP contribution < -0.4 is 0 Å². The van der Waals surface area contributed by atoms with Gasteiger partial charge in [0, 0.05) is 10.4 Å². The van der Waals surface area contributed by atoms with Crippen molar-refractivity contribution in [2.75, 3.05) is 0 Å². The van der Waals surface area contributed by atoms with Gasteiger partial charge in [0.1, 0.15) is 6.10 Å². The van der Waals surface area contributed by atoms with E-state index in [1.165, 1.54) is 18.2 Å². The van der Waals surface area contributed by atoms with Crippen LogP contribution in [-0.4, -0.2) is 28.6 Å². The van der Waals surface area contributed by atoms with Crippen molar-refractivity contribution in [3.05, 3.63) is 100 Å². The lowest BCUT2D eigenvalue weighted by Crippen LogP contribution is -2.18. The lowest BCUT2D eigenvalue weighted by Gasteiger charge is -2.17. The molecule has 3 aromatic carbocycles. The first-order valence-electron chi connectivity index (χ1n) is 10.3. The molecule has 1 heterocycles. The van der Waals surface area contributed by atoms with Gasteiger partial charge in [-0.2, -0.15) is 0 Å². The fourth-order valence-corrected chi connectivity index (χ4v) is 5.51. The van der Waals surface area contributed by atoms with Crippen LogP contribution >= 0.6 is 11.6 Å². The number of fused-ring (bicyclic) bond motifs is 1. The van der Waals surface area contributed by atoms with Crippen molar-refractivity contribution in [2.24, 2.45) is 0 Å². The van der Waals surface area contributed by atoms with Crippen LogP contribution in [0.25, 0.3) is 10.9 Å². The minimum Gasteiger partial charge on any atom is -0.478 e. The molecule has 0 radical (unpaired) electrons. The third-order valence-corrected chi connectivity index (χ3v) is 7.55. The number of aliphatic hydroxyl groups is 1. The topological polar surface area (TPSA) is 96.6 Å². The van der Waals surface area contributed by atoms with Gasteiger partial charge in [-0.15, -0.1) is 0 Å². The third kappa shape index (κ3) is 4.27. The number of carboxylic acid groups (broad SMARTS) is 1. The molecule has 4 rings (SSSR count). The highest BCUT2D eigenvalue weighted by molar-refractivity contribution is 7.90. The molecule has 1 aromatic heterocycles. The van der Waals surface area contributed by atoms with Crippen LogP contribution in [0.3, 0.4) is 0 Å². The summed E-state index contributed by atoms with van der Waals surface area (Å²) in [5.74, 6) is -0.899. The van der Waals surface area contributed by atoms with Gasteiger partial charge in [-0.25, -0.2) is 17.2 Å². The number of aromatic nitrogens is 1. The Morgan fingerprint density at radius 2 is 1.64 bits per heavy atom. The summed E-state index contributed by atoms with van der Waals surface area (Å²) in [4.78, 5) is 11.5. The van der Waals surface area contributed by atoms with Gasteiger partial charge in [0.2, 0.25) is 0 Å². The van der Waals surface area contributed by atoms with Crippen LogP contribution in [0.15, 0.2) is 77.7 Å². The smallest absolute Gasteiger partial charge is 0.335 e. The number of benzene rings is 3. The van der Waals surface area contributed by atoms with Gasteiger partial charge in [0.15, 0.2) is 0 Å². The summed E-state index contributed by atoms with van der Waals surface area (Å²) in [7, 11) is -4.09. The van der Waals surface area contributed by atoms with Crippen LogP contribution in [0.2, 0.25) is 5.02 Å². The number of hydrogen-bond acceptors (Lipinski definition) is 4. The summed E-state index contributed by atoms with van der Waals surface area (Å²) < 4.78 is 28.6. The van der Waals surface area contributed by atoms with E-state index in [0.717, 1.165) is 9.54 Å². The van der Waals surface area contributed by atoms with Crippen LogP contribution in [0, 0.1) is 0 Å². The van der Waals surface area contributed by atoms with E-state index in [2.05, 4.69) is 0 Å². The van der Waals surface area contributed by atoms with E-state index in [1.54, 1.807) is 54.6 Å². The Morgan fingerprint density at radius 1 is 0.939 bits per heavy atom. The first-order chi connectivity index (χ1) is 15.6. The molecule has 6 nitrogen and oxygen atoms in total. The third-order valence-electron chi connectivity index (χ3n) is 5.56. The second-order valence-corrected chi connectivity index (χ2v) is 10.3. The number of aliphatic hydroxyl groups excluding tert-OH is 1. The van der Waals surface area contributed by atoms with E-state index in [1.807, 2.05) is 13.8 Å². The summed E-state index contributed by atoms with van der Waals surface area (Å²) in [5.41, 5.74) is 1.70. The SMILES string of the molecule is CC(C)c1ccc(S(=O)(=O)n2c(C(O)c3cccc(C(=O)O)c3)cc3cc(Cl)ccc32)cc1. The Morgan fingerprint density at radius 3 is 2.27 bits per heavy atom. The van der Waals surface area contributed by atoms with Gasteiger partial charge in [-0.05, 0) is 65.6 Å². The van der Waals surface area contributed by atoms with Gasteiger partial charge in [0.05, 0.1) is 21.7 Å². The van der Waals surface area contributed by atoms with E-state index in [0.29, 0.717) is 15.9 Å². The summed E-state index contributed by atoms with van der Waals surface area (Å²) in [6, 6.07) is 18.8. The quantitative estimate of drug-likeness (QED) is 0.381. The number of aromatic carboxylic acids is 1. The predicted molar refractivity (Wildman–Crippen MR) is 128 cm³/mol. The van der Waals surface area contributed by atoms with Crippen molar-refractivity contribution < 1.29 is 23.4 Å². The van der Waals surface area contributed by atoms with Gasteiger partial charge in [-0.3, -0.25) is 0 Å². The Bertz CT molecular complexity index is 1460. The molecule has 8 heteroatoms. The molecule has 0 spiro atoms.